The van der Waals surface area contributed by atoms with Crippen LogP contribution in [0.2, 0.25) is 0 Å². The molecule has 0 aliphatic heterocycles. The molecule has 1 aliphatic rings. The molecule has 0 N–H and O–H groups in total. The Morgan fingerprint density at radius 3 is 2.18 bits per heavy atom. The summed E-state index contributed by atoms with van der Waals surface area (Å²) in [5.74, 6) is 0. The van der Waals surface area contributed by atoms with Gasteiger partial charge in [0.2, 0.25) is 0 Å². The standard InChI is InChI=1S/C22H32/c1-4-7-9-12-19-16-21-14-18(11-6-3)15-22(21)17-20(19)13-10-8-5-2/h6,14,16-17H,3-5,7-13,15H2,1-2H3. The predicted octanol–water partition coefficient (Wildman–Crippen LogP) is 6.67. The molecule has 0 heterocycles. The summed E-state index contributed by atoms with van der Waals surface area (Å²) in [4.78, 5) is 0. The molecule has 1 aliphatic carbocycles. The van der Waals surface area contributed by atoms with Gasteiger partial charge in [0.25, 0.3) is 0 Å². The van der Waals surface area contributed by atoms with Gasteiger partial charge in [-0.3, -0.25) is 0 Å². The van der Waals surface area contributed by atoms with Gasteiger partial charge in [-0.05, 0) is 60.8 Å². The summed E-state index contributed by atoms with van der Waals surface area (Å²) in [6.07, 6.45) is 17.1. The summed E-state index contributed by atoms with van der Waals surface area (Å²) < 4.78 is 0. The van der Waals surface area contributed by atoms with Crippen LogP contribution in [-0.4, -0.2) is 0 Å². The van der Waals surface area contributed by atoms with Crippen LogP contribution < -0.4 is 0 Å². The third kappa shape index (κ3) is 4.60. The van der Waals surface area contributed by atoms with Crippen molar-refractivity contribution in [1.82, 2.24) is 0 Å². The molecule has 0 atom stereocenters. The Hall–Kier alpha value is -1.30. The highest BCUT2D eigenvalue weighted by Gasteiger charge is 2.15. The van der Waals surface area contributed by atoms with Gasteiger partial charge in [-0.15, -0.1) is 6.58 Å². The molecule has 0 amide bonds. The minimum atomic E-state index is 1.03. The van der Waals surface area contributed by atoms with Crippen LogP contribution in [0.25, 0.3) is 6.08 Å². The Balaban J connectivity index is 2.15. The van der Waals surface area contributed by atoms with Crippen LogP contribution in [0.5, 0.6) is 0 Å². The third-order valence-corrected chi connectivity index (χ3v) is 4.74. The van der Waals surface area contributed by atoms with Gasteiger partial charge in [-0.25, -0.2) is 0 Å². The van der Waals surface area contributed by atoms with Crippen LogP contribution in [0.1, 0.15) is 81.0 Å². The molecule has 0 aromatic heterocycles. The van der Waals surface area contributed by atoms with Gasteiger partial charge in [0.05, 0.1) is 0 Å². The highest BCUT2D eigenvalue weighted by Crippen LogP contribution is 2.31. The van der Waals surface area contributed by atoms with E-state index in [9.17, 15) is 0 Å². The number of hydrogen-bond donors (Lipinski definition) is 0. The van der Waals surface area contributed by atoms with Crippen molar-refractivity contribution in [2.75, 3.05) is 0 Å². The van der Waals surface area contributed by atoms with Crippen molar-refractivity contribution in [2.24, 2.45) is 0 Å². The van der Waals surface area contributed by atoms with E-state index in [-0.39, 0.29) is 0 Å². The summed E-state index contributed by atoms with van der Waals surface area (Å²) in [6.45, 7) is 8.46. The summed E-state index contributed by atoms with van der Waals surface area (Å²) >= 11 is 0. The van der Waals surface area contributed by atoms with Crippen LogP contribution in [0.3, 0.4) is 0 Å². The zero-order valence-corrected chi connectivity index (χ0v) is 14.6. The SMILES string of the molecule is C=CCC1=Cc2cc(CCCCC)c(CCCCC)cc2C1. The maximum absolute atomic E-state index is 3.88. The van der Waals surface area contributed by atoms with Gasteiger partial charge < -0.3 is 0 Å². The largest absolute Gasteiger partial charge is 0.103 e. The number of unbranched alkanes of at least 4 members (excludes halogenated alkanes) is 4. The molecule has 1 aromatic rings. The van der Waals surface area contributed by atoms with E-state index >= 15 is 0 Å². The average Bonchev–Trinajstić information content (AvgIpc) is 2.89. The Morgan fingerprint density at radius 1 is 0.955 bits per heavy atom. The topological polar surface area (TPSA) is 0 Å². The van der Waals surface area contributed by atoms with E-state index in [0.29, 0.717) is 0 Å². The lowest BCUT2D eigenvalue weighted by Gasteiger charge is -2.13. The molecule has 0 heteroatoms. The van der Waals surface area contributed by atoms with Crippen molar-refractivity contribution < 1.29 is 0 Å². The molecule has 22 heavy (non-hydrogen) atoms. The number of allylic oxidation sites excluding steroid dienone is 2. The van der Waals surface area contributed by atoms with Crippen molar-refractivity contribution in [3.05, 3.63) is 52.6 Å². The number of aryl methyl sites for hydroxylation is 2. The Labute approximate surface area is 137 Å². The summed E-state index contributed by atoms with van der Waals surface area (Å²) in [6, 6.07) is 5.00. The van der Waals surface area contributed by atoms with Crippen molar-refractivity contribution in [3.63, 3.8) is 0 Å². The molecule has 0 saturated carbocycles. The predicted molar refractivity (Wildman–Crippen MR) is 99.4 cm³/mol. The minimum Gasteiger partial charge on any atom is -0.103 e. The van der Waals surface area contributed by atoms with E-state index in [1.165, 1.54) is 62.5 Å². The van der Waals surface area contributed by atoms with E-state index in [1.807, 2.05) is 6.08 Å². The van der Waals surface area contributed by atoms with E-state index in [1.54, 1.807) is 16.7 Å². The van der Waals surface area contributed by atoms with E-state index in [4.69, 9.17) is 0 Å². The molecule has 0 nitrogen and oxygen atoms in total. The molecule has 120 valence electrons. The zero-order valence-electron chi connectivity index (χ0n) is 14.6. The molecular weight excluding hydrogens is 264 g/mol. The molecular formula is C22H32. The van der Waals surface area contributed by atoms with Gasteiger partial charge in [-0.2, -0.15) is 0 Å². The first-order chi connectivity index (χ1) is 10.8. The van der Waals surface area contributed by atoms with Gasteiger partial charge in [0.15, 0.2) is 0 Å². The normalized spacial score (nSPS) is 13.1. The van der Waals surface area contributed by atoms with E-state index < -0.39 is 0 Å². The number of rotatable bonds is 10. The lowest BCUT2D eigenvalue weighted by Crippen LogP contribution is -1.99. The van der Waals surface area contributed by atoms with Gasteiger partial charge in [-0.1, -0.05) is 69.4 Å². The van der Waals surface area contributed by atoms with Crippen molar-refractivity contribution in [1.29, 1.82) is 0 Å². The fourth-order valence-electron chi connectivity index (χ4n) is 3.48. The van der Waals surface area contributed by atoms with Gasteiger partial charge in [0.1, 0.15) is 0 Å². The third-order valence-electron chi connectivity index (χ3n) is 4.74. The fraction of sp³-hybridized carbons (Fsp3) is 0.545. The molecule has 0 fully saturated rings. The van der Waals surface area contributed by atoms with Gasteiger partial charge >= 0.3 is 0 Å². The summed E-state index contributed by atoms with van der Waals surface area (Å²) in [5.41, 5.74) is 7.77. The first kappa shape index (κ1) is 17.1. The van der Waals surface area contributed by atoms with E-state index in [2.05, 4.69) is 38.6 Å². The summed E-state index contributed by atoms with van der Waals surface area (Å²) in [7, 11) is 0. The lowest BCUT2D eigenvalue weighted by molar-refractivity contribution is 0.693. The molecule has 0 saturated heterocycles. The van der Waals surface area contributed by atoms with Crippen LogP contribution in [0.4, 0.5) is 0 Å². The zero-order chi connectivity index (χ0) is 15.8. The quantitative estimate of drug-likeness (QED) is 0.334. The molecule has 0 spiro atoms. The van der Waals surface area contributed by atoms with Crippen molar-refractivity contribution >= 4 is 6.08 Å². The maximum atomic E-state index is 3.88. The Morgan fingerprint density at radius 2 is 1.59 bits per heavy atom. The highest BCUT2D eigenvalue weighted by atomic mass is 14.2. The second-order valence-electron chi connectivity index (χ2n) is 6.71. The van der Waals surface area contributed by atoms with Gasteiger partial charge in [0, 0.05) is 0 Å². The number of fused-ring (bicyclic) bond motifs is 1. The minimum absolute atomic E-state index is 1.03. The number of benzene rings is 1. The van der Waals surface area contributed by atoms with Crippen LogP contribution in [-0.2, 0) is 19.3 Å². The lowest BCUT2D eigenvalue weighted by atomic mass is 9.93. The van der Waals surface area contributed by atoms with Crippen molar-refractivity contribution in [3.8, 4) is 0 Å². The average molecular weight is 296 g/mol. The van der Waals surface area contributed by atoms with Crippen LogP contribution in [0, 0.1) is 0 Å². The Bertz CT molecular complexity index is 519. The molecule has 0 bridgehead atoms. The van der Waals surface area contributed by atoms with Crippen molar-refractivity contribution in [2.45, 2.75) is 78.1 Å². The van der Waals surface area contributed by atoms with E-state index in [0.717, 1.165) is 12.8 Å². The fourth-order valence-corrected chi connectivity index (χ4v) is 3.48. The molecule has 0 radical (unpaired) electrons. The van der Waals surface area contributed by atoms with Crippen LogP contribution in [0.15, 0.2) is 30.4 Å². The first-order valence-electron chi connectivity index (χ1n) is 9.23. The first-order valence-corrected chi connectivity index (χ1v) is 9.23. The molecule has 1 aromatic carbocycles. The monoisotopic (exact) mass is 296 g/mol. The second-order valence-corrected chi connectivity index (χ2v) is 6.71. The Kier molecular flexibility index (Phi) is 6.96. The molecule has 2 rings (SSSR count). The number of hydrogen-bond acceptors (Lipinski definition) is 0. The summed E-state index contributed by atoms with van der Waals surface area (Å²) in [5, 5.41) is 0. The van der Waals surface area contributed by atoms with Crippen LogP contribution >= 0.6 is 0 Å². The highest BCUT2D eigenvalue weighted by molar-refractivity contribution is 5.65. The maximum Gasteiger partial charge on any atom is -0.00546 e. The second kappa shape index (κ2) is 8.98. The smallest absolute Gasteiger partial charge is 0.00546 e. The molecule has 0 unspecified atom stereocenters.